The molecule has 0 saturated heterocycles. The Bertz CT molecular complexity index is 1530. The van der Waals surface area contributed by atoms with Crippen molar-refractivity contribution in [3.05, 3.63) is 83.6 Å². The number of halogens is 1. The number of hydrogen-bond donors (Lipinski definition) is 3. The fourth-order valence-corrected chi connectivity index (χ4v) is 4.78. The molecular formula is C26H27FN6O4S. The van der Waals surface area contributed by atoms with Crippen molar-refractivity contribution >= 4 is 27.4 Å². The highest BCUT2D eigenvalue weighted by Crippen LogP contribution is 2.35. The summed E-state index contributed by atoms with van der Waals surface area (Å²) in [6.07, 6.45) is 4.53. The summed E-state index contributed by atoms with van der Waals surface area (Å²) in [5.74, 6) is -0.545. The molecule has 1 atom stereocenters. The van der Waals surface area contributed by atoms with E-state index in [1.54, 1.807) is 37.3 Å². The topological polar surface area (TPSA) is 153 Å². The maximum atomic E-state index is 13.5. The van der Waals surface area contributed by atoms with Gasteiger partial charge in [0.2, 0.25) is 0 Å². The van der Waals surface area contributed by atoms with E-state index in [2.05, 4.69) is 25.5 Å². The van der Waals surface area contributed by atoms with Crippen LogP contribution >= 0.6 is 0 Å². The van der Waals surface area contributed by atoms with Crippen LogP contribution in [0.15, 0.2) is 61.1 Å². The molecule has 0 aliphatic carbocycles. The lowest BCUT2D eigenvalue weighted by Gasteiger charge is -2.21. The zero-order chi connectivity index (χ0) is 27.3. The van der Waals surface area contributed by atoms with Crippen LogP contribution in [-0.2, 0) is 15.6 Å². The van der Waals surface area contributed by atoms with Crippen molar-refractivity contribution in [3.8, 4) is 17.0 Å². The molecule has 12 heteroatoms. The molecule has 4 rings (SSSR count). The minimum atomic E-state index is -3.38. The van der Waals surface area contributed by atoms with Crippen LogP contribution in [0.5, 0.6) is 5.75 Å². The van der Waals surface area contributed by atoms with Gasteiger partial charge in [-0.15, -0.1) is 0 Å². The van der Waals surface area contributed by atoms with E-state index < -0.39 is 21.8 Å². The number of benzene rings is 2. The van der Waals surface area contributed by atoms with Crippen LogP contribution in [0, 0.1) is 5.82 Å². The van der Waals surface area contributed by atoms with Gasteiger partial charge in [-0.1, -0.05) is 38.1 Å². The number of nitrogens with two attached hydrogens (primary N) is 1. The molecular weight excluding hydrogens is 511 g/mol. The van der Waals surface area contributed by atoms with Crippen molar-refractivity contribution in [2.45, 2.75) is 32.1 Å². The maximum absolute atomic E-state index is 13.5. The Hall–Kier alpha value is -4.32. The normalized spacial score (nSPS) is 12.2. The molecule has 0 aliphatic rings. The van der Waals surface area contributed by atoms with Gasteiger partial charge in [0.1, 0.15) is 29.1 Å². The third-order valence-electron chi connectivity index (χ3n) is 5.88. The predicted octanol–water partition coefficient (Wildman–Crippen LogP) is 4.31. The Morgan fingerprint density at radius 1 is 1.16 bits per heavy atom. The second-order valence-electron chi connectivity index (χ2n) is 8.47. The number of sulfone groups is 1. The van der Waals surface area contributed by atoms with E-state index in [1.165, 1.54) is 30.7 Å². The molecule has 0 radical (unpaired) electrons. The van der Waals surface area contributed by atoms with E-state index in [0.29, 0.717) is 34.8 Å². The van der Waals surface area contributed by atoms with Gasteiger partial charge in [-0.3, -0.25) is 14.9 Å². The number of carbonyl (C=O) groups excluding carboxylic acids is 1. The van der Waals surface area contributed by atoms with Gasteiger partial charge in [0, 0.05) is 29.3 Å². The summed E-state index contributed by atoms with van der Waals surface area (Å²) < 4.78 is 44.7. The fourth-order valence-electron chi connectivity index (χ4n) is 3.86. The Morgan fingerprint density at radius 3 is 2.55 bits per heavy atom. The van der Waals surface area contributed by atoms with Crippen LogP contribution < -0.4 is 15.8 Å². The van der Waals surface area contributed by atoms with Crippen LogP contribution in [0.3, 0.4) is 0 Å². The number of nitrogens with zero attached hydrogens (tertiary/aromatic N) is 3. The number of ether oxygens (including phenoxy) is 1. The number of H-pyrrole nitrogens is 1. The Labute approximate surface area is 219 Å². The van der Waals surface area contributed by atoms with Gasteiger partial charge in [0.05, 0.1) is 17.6 Å². The highest BCUT2D eigenvalue weighted by Gasteiger charge is 2.23. The van der Waals surface area contributed by atoms with Crippen LogP contribution in [0.1, 0.15) is 47.9 Å². The molecule has 2 aromatic heterocycles. The zero-order valence-electron chi connectivity index (χ0n) is 20.8. The molecule has 2 heterocycles. The van der Waals surface area contributed by atoms with E-state index in [0.717, 1.165) is 5.56 Å². The lowest BCUT2D eigenvalue weighted by Crippen LogP contribution is -2.14. The first kappa shape index (κ1) is 26.7. The van der Waals surface area contributed by atoms with E-state index >= 15 is 0 Å². The van der Waals surface area contributed by atoms with E-state index in [9.17, 15) is 17.6 Å². The van der Waals surface area contributed by atoms with Crippen molar-refractivity contribution in [1.82, 2.24) is 20.2 Å². The van der Waals surface area contributed by atoms with Crippen molar-refractivity contribution in [3.63, 3.8) is 0 Å². The molecule has 4 N–H and O–H groups in total. The molecule has 38 heavy (non-hydrogen) atoms. The summed E-state index contributed by atoms with van der Waals surface area (Å²) in [6.45, 7) is 3.48. The number of amides is 1. The SMILES string of the molecule is CC[C@H](Oc1cc(-c2[nH]nc(Nc3cnccn3)c2C(N)=O)ccc1CS(=O)(=O)CC)c1ccc(F)cc1. The largest absolute Gasteiger partial charge is 0.485 e. The summed E-state index contributed by atoms with van der Waals surface area (Å²) in [6, 6.07) is 10.9. The van der Waals surface area contributed by atoms with E-state index in [4.69, 9.17) is 10.5 Å². The lowest BCUT2D eigenvalue weighted by molar-refractivity contribution is 0.100. The number of primary amides is 1. The standard InChI is InChI=1S/C26H27FN6O4S/c1-3-20(16-7-9-19(27)10-8-16)37-21-13-17(5-6-18(21)15-38(35,36)4-2)24-23(25(28)34)26(33-32-24)31-22-14-29-11-12-30-22/h5-14,20H,3-4,15H2,1-2H3,(H2,28,34)(H2,30,31,32,33)/t20-/m0/s1. The summed E-state index contributed by atoms with van der Waals surface area (Å²) in [5.41, 5.74) is 7.78. The number of aromatic amines is 1. The number of rotatable bonds is 11. The smallest absolute Gasteiger partial charge is 0.254 e. The van der Waals surface area contributed by atoms with E-state index in [1.807, 2.05) is 6.92 Å². The van der Waals surface area contributed by atoms with Crippen LogP contribution in [0.4, 0.5) is 16.0 Å². The molecule has 0 unspecified atom stereocenters. The fraction of sp³-hybridized carbons (Fsp3) is 0.231. The zero-order valence-corrected chi connectivity index (χ0v) is 21.6. The molecule has 0 aliphatic heterocycles. The first-order chi connectivity index (χ1) is 18.2. The van der Waals surface area contributed by atoms with Crippen molar-refractivity contribution in [2.75, 3.05) is 11.1 Å². The van der Waals surface area contributed by atoms with Gasteiger partial charge in [-0.05, 0) is 30.2 Å². The molecule has 1 amide bonds. The number of anilines is 2. The molecule has 10 nitrogen and oxygen atoms in total. The second-order valence-corrected chi connectivity index (χ2v) is 10.8. The average Bonchev–Trinajstić information content (AvgIpc) is 3.33. The van der Waals surface area contributed by atoms with Gasteiger partial charge in [-0.25, -0.2) is 17.8 Å². The number of nitrogens with one attached hydrogen (secondary N) is 2. The molecule has 198 valence electrons. The molecule has 0 fully saturated rings. The molecule has 2 aromatic carbocycles. The maximum Gasteiger partial charge on any atom is 0.254 e. The minimum absolute atomic E-state index is 0.0346. The summed E-state index contributed by atoms with van der Waals surface area (Å²) >= 11 is 0. The summed E-state index contributed by atoms with van der Waals surface area (Å²) in [5, 5.41) is 9.93. The number of carbonyl (C=O) groups is 1. The Morgan fingerprint density at radius 2 is 1.92 bits per heavy atom. The van der Waals surface area contributed by atoms with Gasteiger partial charge in [0.15, 0.2) is 15.7 Å². The predicted molar refractivity (Wildman–Crippen MR) is 141 cm³/mol. The minimum Gasteiger partial charge on any atom is -0.485 e. The van der Waals surface area contributed by atoms with Gasteiger partial charge < -0.3 is 15.8 Å². The number of hydrogen-bond acceptors (Lipinski definition) is 8. The van der Waals surface area contributed by atoms with Gasteiger partial charge in [-0.2, -0.15) is 5.10 Å². The van der Waals surface area contributed by atoms with Crippen LogP contribution in [0.25, 0.3) is 11.3 Å². The molecule has 0 spiro atoms. The van der Waals surface area contributed by atoms with Gasteiger partial charge in [0.25, 0.3) is 5.91 Å². The average molecular weight is 539 g/mol. The Balaban J connectivity index is 1.77. The van der Waals surface area contributed by atoms with Crippen molar-refractivity contribution in [2.24, 2.45) is 5.73 Å². The van der Waals surface area contributed by atoms with Crippen LogP contribution in [-0.4, -0.2) is 40.2 Å². The molecule has 0 saturated carbocycles. The second kappa shape index (κ2) is 11.4. The quantitative estimate of drug-likeness (QED) is 0.255. The summed E-state index contributed by atoms with van der Waals surface area (Å²) in [7, 11) is -3.38. The lowest BCUT2D eigenvalue weighted by atomic mass is 10.0. The van der Waals surface area contributed by atoms with Crippen molar-refractivity contribution < 1.29 is 22.3 Å². The third-order valence-corrected chi connectivity index (χ3v) is 7.51. The monoisotopic (exact) mass is 538 g/mol. The highest BCUT2D eigenvalue weighted by molar-refractivity contribution is 7.90. The van der Waals surface area contributed by atoms with Crippen LogP contribution in [0.2, 0.25) is 0 Å². The number of aromatic nitrogens is 4. The van der Waals surface area contributed by atoms with Gasteiger partial charge >= 0.3 is 0 Å². The van der Waals surface area contributed by atoms with E-state index in [-0.39, 0.29) is 28.7 Å². The van der Waals surface area contributed by atoms with Crippen molar-refractivity contribution in [1.29, 1.82) is 0 Å². The summed E-state index contributed by atoms with van der Waals surface area (Å²) in [4.78, 5) is 20.5. The Kier molecular flexibility index (Phi) is 8.01. The molecule has 4 aromatic rings. The highest BCUT2D eigenvalue weighted by atomic mass is 32.2. The first-order valence-corrected chi connectivity index (χ1v) is 13.7. The third kappa shape index (κ3) is 6.14. The molecule has 0 bridgehead atoms. The first-order valence-electron chi connectivity index (χ1n) is 11.9.